The van der Waals surface area contributed by atoms with E-state index in [1.807, 2.05) is 35.0 Å². The SMILES string of the molecule is Nc1ccc2ccn(Cc3cc(Br)ccc3F)c2c1. The fourth-order valence-electron chi connectivity index (χ4n) is 2.19. The summed E-state index contributed by atoms with van der Waals surface area (Å²) in [6.07, 6.45) is 1.95. The van der Waals surface area contributed by atoms with E-state index >= 15 is 0 Å². The maximum atomic E-state index is 13.8. The normalized spacial score (nSPS) is 11.1. The summed E-state index contributed by atoms with van der Waals surface area (Å²) in [4.78, 5) is 0. The lowest BCUT2D eigenvalue weighted by Crippen LogP contribution is -2.01. The number of nitrogens with two attached hydrogens (primary N) is 1. The second-order valence-corrected chi connectivity index (χ2v) is 5.41. The molecule has 2 aromatic carbocycles. The smallest absolute Gasteiger partial charge is 0.128 e. The zero-order valence-electron chi connectivity index (χ0n) is 10.1. The molecule has 3 rings (SSSR count). The van der Waals surface area contributed by atoms with Gasteiger partial charge in [-0.1, -0.05) is 22.0 Å². The Morgan fingerprint density at radius 2 is 1.95 bits per heavy atom. The highest BCUT2D eigenvalue weighted by molar-refractivity contribution is 9.10. The van der Waals surface area contributed by atoms with E-state index in [2.05, 4.69) is 15.9 Å². The lowest BCUT2D eigenvalue weighted by molar-refractivity contribution is 0.601. The summed E-state index contributed by atoms with van der Waals surface area (Å²) in [6.45, 7) is 0.484. The lowest BCUT2D eigenvalue weighted by Gasteiger charge is -2.08. The van der Waals surface area contributed by atoms with Crippen molar-refractivity contribution in [1.82, 2.24) is 4.57 Å². The van der Waals surface area contributed by atoms with Crippen molar-refractivity contribution >= 4 is 32.5 Å². The van der Waals surface area contributed by atoms with E-state index in [-0.39, 0.29) is 5.82 Å². The van der Waals surface area contributed by atoms with Crippen molar-refractivity contribution in [3.05, 3.63) is 64.5 Å². The number of fused-ring (bicyclic) bond motifs is 1. The lowest BCUT2D eigenvalue weighted by atomic mass is 10.2. The van der Waals surface area contributed by atoms with E-state index in [1.165, 1.54) is 6.07 Å². The second kappa shape index (κ2) is 4.70. The molecule has 0 saturated heterocycles. The fourth-order valence-corrected chi connectivity index (χ4v) is 2.60. The first-order chi connectivity index (χ1) is 9.13. The molecule has 1 heterocycles. The van der Waals surface area contributed by atoms with Gasteiger partial charge in [0, 0.05) is 21.9 Å². The number of hydrogen-bond acceptors (Lipinski definition) is 1. The number of anilines is 1. The molecule has 0 aliphatic carbocycles. The van der Waals surface area contributed by atoms with Crippen LogP contribution < -0.4 is 5.73 Å². The summed E-state index contributed by atoms with van der Waals surface area (Å²) in [5.41, 5.74) is 8.18. The van der Waals surface area contributed by atoms with Crippen LogP contribution in [0.25, 0.3) is 10.9 Å². The van der Waals surface area contributed by atoms with E-state index in [1.54, 1.807) is 12.1 Å². The molecule has 0 fully saturated rings. The van der Waals surface area contributed by atoms with Crippen molar-refractivity contribution in [3.8, 4) is 0 Å². The zero-order valence-corrected chi connectivity index (χ0v) is 11.7. The average Bonchev–Trinajstić information content (AvgIpc) is 2.77. The summed E-state index contributed by atoms with van der Waals surface area (Å²) < 4.78 is 16.7. The third-order valence-electron chi connectivity index (χ3n) is 3.15. The van der Waals surface area contributed by atoms with Gasteiger partial charge in [0.2, 0.25) is 0 Å². The van der Waals surface area contributed by atoms with Crippen molar-refractivity contribution < 1.29 is 4.39 Å². The molecular weight excluding hydrogens is 307 g/mol. The number of nitrogen functional groups attached to an aromatic ring is 1. The number of rotatable bonds is 2. The Hall–Kier alpha value is -1.81. The molecule has 1 aromatic heterocycles. The van der Waals surface area contributed by atoms with Crippen LogP contribution in [0.1, 0.15) is 5.56 Å². The van der Waals surface area contributed by atoms with Gasteiger partial charge < -0.3 is 10.3 Å². The highest BCUT2D eigenvalue weighted by Gasteiger charge is 2.06. The predicted molar refractivity (Wildman–Crippen MR) is 79.6 cm³/mol. The molecule has 0 radical (unpaired) electrons. The minimum absolute atomic E-state index is 0.200. The maximum Gasteiger partial charge on any atom is 0.128 e. The van der Waals surface area contributed by atoms with Gasteiger partial charge >= 0.3 is 0 Å². The quantitative estimate of drug-likeness (QED) is 0.706. The fraction of sp³-hybridized carbons (Fsp3) is 0.0667. The van der Waals surface area contributed by atoms with Gasteiger partial charge in [0.25, 0.3) is 0 Å². The molecule has 96 valence electrons. The van der Waals surface area contributed by atoms with Gasteiger partial charge in [-0.25, -0.2) is 4.39 Å². The van der Waals surface area contributed by atoms with Crippen LogP contribution in [0, 0.1) is 5.82 Å². The van der Waals surface area contributed by atoms with Crippen LogP contribution in [0.15, 0.2) is 53.1 Å². The van der Waals surface area contributed by atoms with Crippen LogP contribution in [0.4, 0.5) is 10.1 Å². The molecule has 0 unspecified atom stereocenters. The Kier molecular flexibility index (Phi) is 3.03. The zero-order chi connectivity index (χ0) is 13.4. The van der Waals surface area contributed by atoms with Gasteiger partial charge in [0.15, 0.2) is 0 Å². The molecule has 0 amide bonds. The van der Waals surface area contributed by atoms with Gasteiger partial charge in [-0.05, 0) is 41.8 Å². The molecule has 4 heteroatoms. The van der Waals surface area contributed by atoms with E-state index in [9.17, 15) is 4.39 Å². The predicted octanol–water partition coefficient (Wildman–Crippen LogP) is 4.17. The van der Waals surface area contributed by atoms with Crippen LogP contribution in [-0.4, -0.2) is 4.57 Å². The standard InChI is InChI=1S/C15H12BrFN2/c16-12-2-4-14(17)11(7-12)9-19-6-5-10-1-3-13(18)8-15(10)19/h1-8H,9,18H2. The molecule has 0 aliphatic rings. The Morgan fingerprint density at radius 1 is 1.11 bits per heavy atom. The Balaban J connectivity index is 2.05. The number of benzene rings is 2. The average molecular weight is 319 g/mol. The molecule has 0 atom stereocenters. The summed E-state index contributed by atoms with van der Waals surface area (Å²) in [5.74, 6) is -0.200. The number of aromatic nitrogens is 1. The third kappa shape index (κ3) is 2.36. The van der Waals surface area contributed by atoms with E-state index in [0.717, 1.165) is 15.4 Å². The van der Waals surface area contributed by atoms with Crippen molar-refractivity contribution in [1.29, 1.82) is 0 Å². The summed E-state index contributed by atoms with van der Waals surface area (Å²) in [5, 5.41) is 1.10. The first-order valence-corrected chi connectivity index (χ1v) is 6.71. The highest BCUT2D eigenvalue weighted by atomic mass is 79.9. The molecular formula is C15H12BrFN2. The molecule has 0 bridgehead atoms. The largest absolute Gasteiger partial charge is 0.399 e. The Labute approximate surface area is 118 Å². The third-order valence-corrected chi connectivity index (χ3v) is 3.64. The molecule has 19 heavy (non-hydrogen) atoms. The number of hydrogen-bond donors (Lipinski definition) is 1. The first kappa shape index (κ1) is 12.2. The van der Waals surface area contributed by atoms with Crippen LogP contribution >= 0.6 is 15.9 Å². The first-order valence-electron chi connectivity index (χ1n) is 5.92. The summed E-state index contributed by atoms with van der Waals surface area (Å²) in [7, 11) is 0. The molecule has 2 N–H and O–H groups in total. The maximum absolute atomic E-state index is 13.8. The van der Waals surface area contributed by atoms with Gasteiger partial charge in [-0.3, -0.25) is 0 Å². The van der Waals surface area contributed by atoms with Gasteiger partial charge in [0.05, 0.1) is 12.1 Å². The Morgan fingerprint density at radius 3 is 2.79 bits per heavy atom. The van der Waals surface area contributed by atoms with Gasteiger partial charge in [-0.15, -0.1) is 0 Å². The monoisotopic (exact) mass is 318 g/mol. The van der Waals surface area contributed by atoms with Crippen molar-refractivity contribution in [2.45, 2.75) is 6.54 Å². The molecule has 0 saturated carbocycles. The van der Waals surface area contributed by atoms with Crippen LogP contribution in [0.5, 0.6) is 0 Å². The van der Waals surface area contributed by atoms with Gasteiger partial charge in [-0.2, -0.15) is 0 Å². The van der Waals surface area contributed by atoms with Crippen molar-refractivity contribution in [2.24, 2.45) is 0 Å². The van der Waals surface area contributed by atoms with Gasteiger partial charge in [0.1, 0.15) is 5.82 Å². The van der Waals surface area contributed by atoms with Crippen molar-refractivity contribution in [2.75, 3.05) is 5.73 Å². The molecule has 0 aliphatic heterocycles. The van der Waals surface area contributed by atoms with E-state index in [4.69, 9.17) is 5.73 Å². The highest BCUT2D eigenvalue weighted by Crippen LogP contribution is 2.22. The van der Waals surface area contributed by atoms with Crippen LogP contribution in [0.2, 0.25) is 0 Å². The minimum Gasteiger partial charge on any atom is -0.399 e. The molecule has 0 spiro atoms. The Bertz CT molecular complexity index is 749. The van der Waals surface area contributed by atoms with E-state index in [0.29, 0.717) is 17.8 Å². The second-order valence-electron chi connectivity index (χ2n) is 4.50. The molecule has 3 aromatic rings. The summed E-state index contributed by atoms with van der Waals surface area (Å²) in [6, 6.07) is 12.7. The number of halogens is 2. The van der Waals surface area contributed by atoms with Crippen molar-refractivity contribution in [3.63, 3.8) is 0 Å². The number of nitrogens with zero attached hydrogens (tertiary/aromatic N) is 1. The van der Waals surface area contributed by atoms with Crippen LogP contribution in [-0.2, 0) is 6.54 Å². The minimum atomic E-state index is -0.200. The van der Waals surface area contributed by atoms with E-state index < -0.39 is 0 Å². The molecule has 2 nitrogen and oxygen atoms in total. The topological polar surface area (TPSA) is 30.9 Å². The van der Waals surface area contributed by atoms with Crippen LogP contribution in [0.3, 0.4) is 0 Å². The summed E-state index contributed by atoms with van der Waals surface area (Å²) >= 11 is 3.37.